The van der Waals surface area contributed by atoms with E-state index in [0.29, 0.717) is 27.0 Å². The number of anilines is 1. The molecule has 0 spiro atoms. The summed E-state index contributed by atoms with van der Waals surface area (Å²) in [5, 5.41) is 0.884. The largest absolute Gasteiger partial charge is 0.465 e. The number of ether oxygens (including phenoxy) is 1. The molecule has 6 heteroatoms. The fourth-order valence-electron chi connectivity index (χ4n) is 1.64. The summed E-state index contributed by atoms with van der Waals surface area (Å²) >= 11 is 12.2. The number of rotatable bonds is 2. The summed E-state index contributed by atoms with van der Waals surface area (Å²) in [6.45, 7) is 0. The highest BCUT2D eigenvalue weighted by Crippen LogP contribution is 2.36. The summed E-state index contributed by atoms with van der Waals surface area (Å²) in [5.74, 6) is -0.504. The Morgan fingerprint density at radius 1 is 1.32 bits per heavy atom. The SMILES string of the molecule is COC(=O)c1cnc(-c2c(Cl)cccc2Cl)c(N)c1. The molecule has 0 radical (unpaired) electrons. The fourth-order valence-corrected chi connectivity index (χ4v) is 2.22. The monoisotopic (exact) mass is 296 g/mol. The fraction of sp³-hybridized carbons (Fsp3) is 0.0769. The van der Waals surface area contributed by atoms with E-state index in [2.05, 4.69) is 9.72 Å². The Morgan fingerprint density at radius 3 is 2.47 bits per heavy atom. The quantitative estimate of drug-likeness (QED) is 0.862. The van der Waals surface area contributed by atoms with Crippen LogP contribution in [-0.4, -0.2) is 18.1 Å². The van der Waals surface area contributed by atoms with Gasteiger partial charge in [-0.2, -0.15) is 0 Å². The smallest absolute Gasteiger partial charge is 0.339 e. The zero-order valence-corrected chi connectivity index (χ0v) is 11.5. The number of nitrogens with zero attached hydrogens (tertiary/aromatic N) is 1. The van der Waals surface area contributed by atoms with Crippen molar-refractivity contribution in [3.05, 3.63) is 46.1 Å². The maximum absolute atomic E-state index is 11.4. The van der Waals surface area contributed by atoms with Gasteiger partial charge >= 0.3 is 5.97 Å². The van der Waals surface area contributed by atoms with Crippen molar-refractivity contribution in [3.8, 4) is 11.3 Å². The molecular formula is C13H10Cl2N2O2. The number of carbonyl (C=O) groups is 1. The molecule has 4 nitrogen and oxygen atoms in total. The van der Waals surface area contributed by atoms with E-state index in [1.807, 2.05) is 0 Å². The van der Waals surface area contributed by atoms with E-state index in [9.17, 15) is 4.79 Å². The van der Waals surface area contributed by atoms with Gasteiger partial charge in [0.2, 0.25) is 0 Å². The minimum atomic E-state index is -0.504. The van der Waals surface area contributed by atoms with E-state index in [4.69, 9.17) is 28.9 Å². The summed E-state index contributed by atoms with van der Waals surface area (Å²) in [7, 11) is 1.29. The van der Waals surface area contributed by atoms with Crippen molar-refractivity contribution in [1.82, 2.24) is 4.98 Å². The lowest BCUT2D eigenvalue weighted by molar-refractivity contribution is 0.0600. The molecule has 1 heterocycles. The lowest BCUT2D eigenvalue weighted by atomic mass is 10.1. The van der Waals surface area contributed by atoms with E-state index in [1.54, 1.807) is 18.2 Å². The molecule has 2 rings (SSSR count). The molecule has 0 amide bonds. The number of benzene rings is 1. The highest BCUT2D eigenvalue weighted by atomic mass is 35.5. The molecule has 0 saturated carbocycles. The number of esters is 1. The molecule has 0 atom stereocenters. The van der Waals surface area contributed by atoms with Crippen LogP contribution in [-0.2, 0) is 4.74 Å². The zero-order chi connectivity index (χ0) is 14.0. The molecule has 0 unspecified atom stereocenters. The molecule has 0 aliphatic rings. The second-order valence-electron chi connectivity index (χ2n) is 3.75. The summed E-state index contributed by atoms with van der Waals surface area (Å²) in [5.41, 5.74) is 7.45. The van der Waals surface area contributed by atoms with E-state index in [1.165, 1.54) is 19.4 Å². The summed E-state index contributed by atoms with van der Waals surface area (Å²) < 4.78 is 4.60. The highest BCUT2D eigenvalue weighted by molar-refractivity contribution is 6.39. The molecule has 1 aromatic carbocycles. The van der Waals surface area contributed by atoms with Crippen LogP contribution in [0.5, 0.6) is 0 Å². The van der Waals surface area contributed by atoms with E-state index in [0.717, 1.165) is 0 Å². The van der Waals surface area contributed by atoms with Crippen LogP contribution < -0.4 is 5.73 Å². The Bertz CT molecular complexity index is 624. The third-order valence-corrected chi connectivity index (χ3v) is 3.17. The van der Waals surface area contributed by atoms with Crippen LogP contribution in [0.1, 0.15) is 10.4 Å². The topological polar surface area (TPSA) is 65.2 Å². The van der Waals surface area contributed by atoms with Crippen LogP contribution in [0, 0.1) is 0 Å². The number of hydrogen-bond acceptors (Lipinski definition) is 4. The number of methoxy groups -OCH3 is 1. The molecular weight excluding hydrogens is 287 g/mol. The van der Waals surface area contributed by atoms with Crippen molar-refractivity contribution in [2.24, 2.45) is 0 Å². The summed E-state index contributed by atoms with van der Waals surface area (Å²) in [6.07, 6.45) is 1.37. The molecule has 98 valence electrons. The molecule has 0 saturated heterocycles. The number of halogens is 2. The minimum Gasteiger partial charge on any atom is -0.465 e. The van der Waals surface area contributed by atoms with Crippen LogP contribution in [0.4, 0.5) is 5.69 Å². The lowest BCUT2D eigenvalue weighted by Crippen LogP contribution is -2.04. The maximum Gasteiger partial charge on any atom is 0.339 e. The Labute approximate surface area is 120 Å². The van der Waals surface area contributed by atoms with Gasteiger partial charge in [-0.05, 0) is 18.2 Å². The predicted octanol–water partition coefficient (Wildman–Crippen LogP) is 3.42. The van der Waals surface area contributed by atoms with Gasteiger partial charge in [0.15, 0.2) is 0 Å². The molecule has 0 fully saturated rings. The molecule has 1 aromatic heterocycles. The van der Waals surface area contributed by atoms with Crippen molar-refractivity contribution in [2.45, 2.75) is 0 Å². The van der Waals surface area contributed by atoms with Gasteiger partial charge in [-0.15, -0.1) is 0 Å². The molecule has 2 N–H and O–H groups in total. The van der Waals surface area contributed by atoms with E-state index in [-0.39, 0.29) is 5.56 Å². The Balaban J connectivity index is 2.56. The average Bonchev–Trinajstić information content (AvgIpc) is 2.39. The van der Waals surface area contributed by atoms with Crippen molar-refractivity contribution < 1.29 is 9.53 Å². The number of aromatic nitrogens is 1. The van der Waals surface area contributed by atoms with Crippen LogP contribution in [0.3, 0.4) is 0 Å². The van der Waals surface area contributed by atoms with Gasteiger partial charge < -0.3 is 10.5 Å². The van der Waals surface area contributed by atoms with E-state index < -0.39 is 5.97 Å². The van der Waals surface area contributed by atoms with Crippen molar-refractivity contribution in [2.75, 3.05) is 12.8 Å². The van der Waals surface area contributed by atoms with Gasteiger partial charge in [0, 0.05) is 11.8 Å². The van der Waals surface area contributed by atoms with Gasteiger partial charge in [0.05, 0.1) is 34.1 Å². The third-order valence-electron chi connectivity index (χ3n) is 2.54. The molecule has 0 aliphatic carbocycles. The molecule has 0 aliphatic heterocycles. The molecule has 0 bridgehead atoms. The van der Waals surface area contributed by atoms with Crippen LogP contribution in [0.25, 0.3) is 11.3 Å². The number of nitrogen functional groups attached to an aromatic ring is 1. The third kappa shape index (κ3) is 2.64. The number of pyridine rings is 1. The first-order chi connectivity index (χ1) is 9.04. The van der Waals surface area contributed by atoms with Gasteiger partial charge in [-0.25, -0.2) is 4.79 Å². The van der Waals surface area contributed by atoms with Crippen LogP contribution in [0.15, 0.2) is 30.5 Å². The van der Waals surface area contributed by atoms with Crippen molar-refractivity contribution >= 4 is 34.9 Å². The van der Waals surface area contributed by atoms with Crippen LogP contribution >= 0.6 is 23.2 Å². The number of carbonyl (C=O) groups excluding carboxylic acids is 1. The standard InChI is InChI=1S/C13H10Cl2N2O2/c1-19-13(18)7-5-10(16)12(17-6-7)11-8(14)3-2-4-9(11)15/h2-6H,16H2,1H3. The Morgan fingerprint density at radius 2 is 1.95 bits per heavy atom. The summed E-state index contributed by atoms with van der Waals surface area (Å²) in [6, 6.07) is 6.59. The molecule has 19 heavy (non-hydrogen) atoms. The van der Waals surface area contributed by atoms with E-state index >= 15 is 0 Å². The predicted molar refractivity (Wildman–Crippen MR) is 75.4 cm³/mol. The number of nitrogens with two attached hydrogens (primary N) is 1. The molecule has 2 aromatic rings. The van der Waals surface area contributed by atoms with Gasteiger partial charge in [0.1, 0.15) is 0 Å². The first kappa shape index (κ1) is 13.6. The minimum absolute atomic E-state index is 0.270. The second kappa shape index (κ2) is 5.47. The van der Waals surface area contributed by atoms with Crippen molar-refractivity contribution in [3.63, 3.8) is 0 Å². The zero-order valence-electron chi connectivity index (χ0n) is 9.98. The first-order valence-corrected chi connectivity index (χ1v) is 6.08. The normalized spacial score (nSPS) is 10.3. The Kier molecular flexibility index (Phi) is 3.93. The van der Waals surface area contributed by atoms with Gasteiger partial charge in [-0.1, -0.05) is 29.3 Å². The maximum atomic E-state index is 11.4. The highest BCUT2D eigenvalue weighted by Gasteiger charge is 2.15. The van der Waals surface area contributed by atoms with Gasteiger partial charge in [-0.3, -0.25) is 4.98 Å². The van der Waals surface area contributed by atoms with Crippen molar-refractivity contribution in [1.29, 1.82) is 0 Å². The van der Waals surface area contributed by atoms with Crippen LogP contribution in [0.2, 0.25) is 10.0 Å². The first-order valence-electron chi connectivity index (χ1n) is 5.32. The Hall–Kier alpha value is -1.78. The lowest BCUT2D eigenvalue weighted by Gasteiger charge is -2.10. The average molecular weight is 297 g/mol. The summed E-state index contributed by atoms with van der Waals surface area (Å²) in [4.78, 5) is 15.5. The second-order valence-corrected chi connectivity index (χ2v) is 4.56. The van der Waals surface area contributed by atoms with Gasteiger partial charge in [0.25, 0.3) is 0 Å². The number of hydrogen-bond donors (Lipinski definition) is 1.